The summed E-state index contributed by atoms with van der Waals surface area (Å²) in [5, 5.41) is 2.34. The van der Waals surface area contributed by atoms with Gasteiger partial charge in [-0.1, -0.05) is 133 Å². The molecule has 2 atom stereocenters. The van der Waals surface area contributed by atoms with Crippen molar-refractivity contribution >= 4 is 33.0 Å². The average Bonchev–Trinajstić information content (AvgIpc) is 3.82. The molecule has 4 aliphatic carbocycles. The summed E-state index contributed by atoms with van der Waals surface area (Å²) in [7, 11) is 0. The Morgan fingerprint density at radius 1 is 0.312 bits per heavy atom. The highest BCUT2D eigenvalue weighted by atomic mass is 14.8. The summed E-state index contributed by atoms with van der Waals surface area (Å²) >= 11 is 0. The molecule has 8 aromatic rings. The van der Waals surface area contributed by atoms with Crippen LogP contribution in [0.3, 0.4) is 0 Å². The summed E-state index contributed by atoms with van der Waals surface area (Å²) in [6.07, 6.45) is 0. The molecule has 2 unspecified atom stereocenters. The van der Waals surface area contributed by atoms with Crippen molar-refractivity contribution < 1.29 is 0 Å². The molecule has 220 valence electrons. The van der Waals surface area contributed by atoms with Gasteiger partial charge in [0.1, 0.15) is 0 Å². The van der Waals surface area contributed by atoms with E-state index in [1.807, 2.05) is 0 Å². The van der Waals surface area contributed by atoms with Crippen LogP contribution in [0, 0.1) is 0 Å². The van der Waals surface area contributed by atoms with Crippen LogP contribution >= 0.6 is 0 Å². The normalized spacial score (nSPS) is 20.2. The number of pyridine rings is 2. The minimum atomic E-state index is -0.573. The van der Waals surface area contributed by atoms with Gasteiger partial charge in [-0.3, -0.25) is 9.97 Å². The van der Waals surface area contributed by atoms with Crippen LogP contribution in [0.1, 0.15) is 44.8 Å². The van der Waals surface area contributed by atoms with Gasteiger partial charge in [0.25, 0.3) is 0 Å². The molecule has 2 heterocycles. The van der Waals surface area contributed by atoms with Crippen LogP contribution in [0.2, 0.25) is 0 Å². The van der Waals surface area contributed by atoms with Gasteiger partial charge in [-0.25, -0.2) is 0 Å². The van der Waals surface area contributed by atoms with Gasteiger partial charge in [0.15, 0.2) is 0 Å². The maximum absolute atomic E-state index is 5.63. The first-order valence-corrected chi connectivity index (χ1v) is 16.8. The first-order chi connectivity index (χ1) is 23.8. The number of para-hydroxylation sites is 2. The molecule has 48 heavy (non-hydrogen) atoms. The predicted molar refractivity (Wildman–Crippen MR) is 194 cm³/mol. The topological polar surface area (TPSA) is 25.8 Å². The van der Waals surface area contributed by atoms with Gasteiger partial charge in [0.2, 0.25) is 0 Å². The molecule has 0 bridgehead atoms. The van der Waals surface area contributed by atoms with Crippen LogP contribution in [0.25, 0.3) is 55.2 Å². The number of aromatic nitrogens is 2. The number of benzene rings is 6. The fourth-order valence-electron chi connectivity index (χ4n) is 9.98. The van der Waals surface area contributed by atoms with Gasteiger partial charge in [-0.15, -0.1) is 0 Å². The second-order valence-electron chi connectivity index (χ2n) is 13.6. The third kappa shape index (κ3) is 2.61. The molecule has 0 fully saturated rings. The van der Waals surface area contributed by atoms with E-state index in [0.717, 1.165) is 22.4 Å². The molecule has 2 heteroatoms. The highest BCUT2D eigenvalue weighted by molar-refractivity contribution is 6.19. The number of rotatable bonds is 0. The second kappa shape index (κ2) is 8.42. The molecule has 0 radical (unpaired) electrons. The maximum atomic E-state index is 5.63. The van der Waals surface area contributed by atoms with Crippen molar-refractivity contribution in [3.05, 3.63) is 202 Å². The first-order valence-electron chi connectivity index (χ1n) is 16.8. The lowest BCUT2D eigenvalue weighted by atomic mass is 9.68. The van der Waals surface area contributed by atoms with Crippen LogP contribution in [0.15, 0.2) is 158 Å². The Morgan fingerprint density at radius 2 is 0.646 bits per heavy atom. The first kappa shape index (κ1) is 25.0. The molecule has 2 spiro atoms. The lowest BCUT2D eigenvalue weighted by molar-refractivity contribution is 0.796. The third-order valence-electron chi connectivity index (χ3n) is 11.6. The van der Waals surface area contributed by atoms with Gasteiger partial charge in [-0.05, 0) is 79.9 Å². The molecule has 2 nitrogen and oxygen atoms in total. The van der Waals surface area contributed by atoms with E-state index in [4.69, 9.17) is 9.97 Å². The van der Waals surface area contributed by atoms with Gasteiger partial charge in [0.05, 0.1) is 33.3 Å². The van der Waals surface area contributed by atoms with E-state index in [-0.39, 0.29) is 0 Å². The number of hydrogen-bond donors (Lipinski definition) is 0. The van der Waals surface area contributed by atoms with Crippen molar-refractivity contribution in [2.75, 3.05) is 0 Å². The molecule has 0 N–H and O–H groups in total. The number of allylic oxidation sites excluding steroid dienone is 2. The van der Waals surface area contributed by atoms with Crippen LogP contribution < -0.4 is 0 Å². The molecule has 0 saturated carbocycles. The Morgan fingerprint density at radius 3 is 1.08 bits per heavy atom. The zero-order valence-corrected chi connectivity index (χ0v) is 25.9. The van der Waals surface area contributed by atoms with Crippen molar-refractivity contribution in [3.63, 3.8) is 0 Å². The van der Waals surface area contributed by atoms with Crippen LogP contribution in [0.4, 0.5) is 0 Å². The fraction of sp³-hybridized carbons (Fsp3) is 0.0435. The molecular weight excluding hydrogens is 581 g/mol. The highest BCUT2D eigenvalue weighted by Crippen LogP contribution is 2.74. The molecule has 6 aromatic carbocycles. The Labute approximate surface area is 277 Å². The molecule has 0 amide bonds. The summed E-state index contributed by atoms with van der Waals surface area (Å²) in [4.78, 5) is 11.3. The summed E-state index contributed by atoms with van der Waals surface area (Å²) in [5.74, 6) is 0. The largest absolute Gasteiger partial charge is 0.251 e. The lowest BCUT2D eigenvalue weighted by Gasteiger charge is -2.33. The number of nitrogens with zero attached hydrogens (tertiary/aromatic N) is 2. The summed E-state index contributed by atoms with van der Waals surface area (Å²) < 4.78 is 0. The zero-order chi connectivity index (χ0) is 31.2. The summed E-state index contributed by atoms with van der Waals surface area (Å²) in [6, 6.07) is 58.2. The van der Waals surface area contributed by atoms with E-state index in [9.17, 15) is 0 Å². The molecule has 2 aromatic heterocycles. The predicted octanol–water partition coefficient (Wildman–Crippen LogP) is 10.4. The van der Waals surface area contributed by atoms with E-state index in [0.29, 0.717) is 0 Å². The Kier molecular flexibility index (Phi) is 4.39. The van der Waals surface area contributed by atoms with E-state index in [1.54, 1.807) is 0 Å². The standard InChI is InChI=1S/C46H26N2/c1-11-23-39-27(13-1)25-33-29-15-3-7-19-35(29)45(43(33)47-39)37-21-9-5-17-31(37)42-41(45)32-18-6-10-22-38(32)46(42)36-20-8-4-16-30(36)34-26-28-14-2-12-24-40(28)48-44(34)46/h1-26H. The van der Waals surface area contributed by atoms with E-state index in [2.05, 4.69) is 158 Å². The SMILES string of the molecule is c1ccc2c(c1)C1=C(c3ccccc3C13c1ccccc1-c1cc4ccccc4nc13)C21c2ccccc2-c2cc3ccccc3nc21. The Bertz CT molecular complexity index is 2610. The Hall–Kier alpha value is -6.12. The number of fused-ring (bicyclic) bond motifs is 20. The monoisotopic (exact) mass is 606 g/mol. The molecule has 0 saturated heterocycles. The van der Waals surface area contributed by atoms with E-state index < -0.39 is 10.8 Å². The summed E-state index contributed by atoms with van der Waals surface area (Å²) in [6.45, 7) is 0. The molecule has 0 aliphatic heterocycles. The van der Waals surface area contributed by atoms with Gasteiger partial charge >= 0.3 is 0 Å². The minimum Gasteiger partial charge on any atom is -0.251 e. The van der Waals surface area contributed by atoms with Gasteiger partial charge in [-0.2, -0.15) is 0 Å². The Balaban J connectivity index is 1.32. The van der Waals surface area contributed by atoms with Crippen molar-refractivity contribution in [1.29, 1.82) is 0 Å². The highest BCUT2D eigenvalue weighted by Gasteiger charge is 2.64. The quantitative estimate of drug-likeness (QED) is 0.172. The molecule has 12 rings (SSSR count). The third-order valence-corrected chi connectivity index (χ3v) is 11.6. The van der Waals surface area contributed by atoms with Gasteiger partial charge in [0, 0.05) is 21.9 Å². The fourth-order valence-corrected chi connectivity index (χ4v) is 9.98. The van der Waals surface area contributed by atoms with Crippen LogP contribution in [0.5, 0.6) is 0 Å². The van der Waals surface area contributed by atoms with E-state index >= 15 is 0 Å². The van der Waals surface area contributed by atoms with Crippen molar-refractivity contribution in [2.24, 2.45) is 0 Å². The maximum Gasteiger partial charge on any atom is 0.0901 e. The minimum absolute atomic E-state index is 0.573. The molecular formula is C46H26N2. The van der Waals surface area contributed by atoms with Crippen molar-refractivity contribution in [2.45, 2.75) is 10.8 Å². The zero-order valence-electron chi connectivity index (χ0n) is 25.9. The van der Waals surface area contributed by atoms with E-state index in [1.165, 1.54) is 77.6 Å². The average molecular weight is 607 g/mol. The molecule has 4 aliphatic rings. The van der Waals surface area contributed by atoms with Crippen LogP contribution in [-0.2, 0) is 10.8 Å². The number of hydrogen-bond acceptors (Lipinski definition) is 2. The van der Waals surface area contributed by atoms with Crippen LogP contribution in [-0.4, -0.2) is 9.97 Å². The second-order valence-corrected chi connectivity index (χ2v) is 13.6. The van der Waals surface area contributed by atoms with Crippen molar-refractivity contribution in [3.8, 4) is 22.3 Å². The van der Waals surface area contributed by atoms with Crippen molar-refractivity contribution in [1.82, 2.24) is 9.97 Å². The van der Waals surface area contributed by atoms with Gasteiger partial charge < -0.3 is 0 Å². The smallest absolute Gasteiger partial charge is 0.0901 e. The lowest BCUT2D eigenvalue weighted by Crippen LogP contribution is -2.29. The summed E-state index contributed by atoms with van der Waals surface area (Å²) in [5.41, 5.74) is 18.7.